The second-order valence-electron chi connectivity index (χ2n) is 5.79. The molecule has 140 valence electrons. The molecule has 0 fully saturated rings. The predicted molar refractivity (Wildman–Crippen MR) is 108 cm³/mol. The molecule has 1 atom stereocenters. The zero-order valence-electron chi connectivity index (χ0n) is 14.3. The second kappa shape index (κ2) is 8.05. The number of carbonyl (C=O) groups is 1. The summed E-state index contributed by atoms with van der Waals surface area (Å²) >= 11 is 17.9. The zero-order valence-corrected chi connectivity index (χ0v) is 17.3. The summed E-state index contributed by atoms with van der Waals surface area (Å²) in [7, 11) is -3.75. The van der Waals surface area contributed by atoms with E-state index in [1.54, 1.807) is 18.2 Å². The maximum absolute atomic E-state index is 12.6. The van der Waals surface area contributed by atoms with Crippen LogP contribution in [-0.4, -0.2) is 26.6 Å². The van der Waals surface area contributed by atoms with Crippen LogP contribution in [0.1, 0.15) is 12.5 Å². The molecule has 0 aliphatic heterocycles. The van der Waals surface area contributed by atoms with Crippen LogP contribution < -0.4 is 9.62 Å². The van der Waals surface area contributed by atoms with Crippen LogP contribution in [0.25, 0.3) is 0 Å². The van der Waals surface area contributed by atoms with Crippen LogP contribution in [0, 0.1) is 6.92 Å². The quantitative estimate of drug-likeness (QED) is 0.737. The number of carbonyl (C=O) groups excluding carboxylic acids is 1. The van der Waals surface area contributed by atoms with Crippen LogP contribution in [0.3, 0.4) is 0 Å². The van der Waals surface area contributed by atoms with Crippen LogP contribution in [-0.2, 0) is 14.8 Å². The Balaban J connectivity index is 2.34. The molecule has 1 amide bonds. The van der Waals surface area contributed by atoms with Crippen molar-refractivity contribution in [3.8, 4) is 0 Å². The van der Waals surface area contributed by atoms with E-state index in [4.69, 9.17) is 34.8 Å². The lowest BCUT2D eigenvalue weighted by atomic mass is 10.2. The first kappa shape index (κ1) is 20.8. The summed E-state index contributed by atoms with van der Waals surface area (Å²) in [5.41, 5.74) is 1.58. The molecule has 0 radical (unpaired) electrons. The first-order chi connectivity index (χ1) is 12.0. The third-order valence-electron chi connectivity index (χ3n) is 3.69. The van der Waals surface area contributed by atoms with E-state index in [0.29, 0.717) is 10.7 Å². The van der Waals surface area contributed by atoms with Gasteiger partial charge in [-0.3, -0.25) is 9.10 Å². The topological polar surface area (TPSA) is 66.5 Å². The molecule has 0 bridgehead atoms. The fourth-order valence-corrected chi connectivity index (χ4v) is 3.99. The molecule has 5 nitrogen and oxygen atoms in total. The summed E-state index contributed by atoms with van der Waals surface area (Å²) in [6, 6.07) is 8.39. The van der Waals surface area contributed by atoms with E-state index in [9.17, 15) is 13.2 Å². The minimum Gasteiger partial charge on any atom is -0.324 e. The first-order valence-electron chi connectivity index (χ1n) is 7.52. The number of amides is 1. The van der Waals surface area contributed by atoms with Crippen molar-refractivity contribution < 1.29 is 13.2 Å². The molecule has 1 N–H and O–H groups in total. The van der Waals surface area contributed by atoms with Gasteiger partial charge >= 0.3 is 0 Å². The fourth-order valence-electron chi connectivity index (χ4n) is 2.35. The highest BCUT2D eigenvalue weighted by atomic mass is 35.5. The van der Waals surface area contributed by atoms with Crippen molar-refractivity contribution in [3.05, 3.63) is 57.0 Å². The SMILES string of the molecule is Cc1ccc(NC(=O)[C@H](C)N(c2ccc(Cl)c(Cl)c2)S(C)(=O)=O)cc1Cl. The molecule has 0 saturated carbocycles. The smallest absolute Gasteiger partial charge is 0.247 e. The Kier molecular flexibility index (Phi) is 6.45. The Bertz CT molecular complexity index is 948. The molecule has 2 rings (SSSR count). The van der Waals surface area contributed by atoms with Gasteiger partial charge in [-0.1, -0.05) is 40.9 Å². The van der Waals surface area contributed by atoms with Crippen molar-refractivity contribution in [2.24, 2.45) is 0 Å². The number of hydrogen-bond donors (Lipinski definition) is 1. The summed E-state index contributed by atoms with van der Waals surface area (Å²) in [5, 5.41) is 3.65. The van der Waals surface area contributed by atoms with Gasteiger partial charge in [0.05, 0.1) is 22.0 Å². The van der Waals surface area contributed by atoms with E-state index < -0.39 is 22.0 Å². The number of anilines is 2. The van der Waals surface area contributed by atoms with E-state index in [1.807, 2.05) is 6.92 Å². The van der Waals surface area contributed by atoms with Gasteiger partial charge in [-0.25, -0.2) is 8.42 Å². The van der Waals surface area contributed by atoms with Crippen LogP contribution in [0.2, 0.25) is 15.1 Å². The summed E-state index contributed by atoms with van der Waals surface area (Å²) in [6.45, 7) is 3.32. The minimum absolute atomic E-state index is 0.191. The molecular formula is C17H17Cl3N2O3S. The molecule has 0 aliphatic rings. The van der Waals surface area contributed by atoms with E-state index in [2.05, 4.69) is 5.32 Å². The average molecular weight is 436 g/mol. The Morgan fingerprint density at radius 3 is 2.23 bits per heavy atom. The van der Waals surface area contributed by atoms with Crippen molar-refractivity contribution in [2.75, 3.05) is 15.9 Å². The average Bonchev–Trinajstić information content (AvgIpc) is 2.53. The highest BCUT2D eigenvalue weighted by molar-refractivity contribution is 7.92. The number of nitrogens with one attached hydrogen (secondary N) is 1. The Morgan fingerprint density at radius 2 is 1.69 bits per heavy atom. The predicted octanol–water partition coefficient (Wildman–Crippen LogP) is 4.75. The van der Waals surface area contributed by atoms with Crippen LogP contribution >= 0.6 is 34.8 Å². The largest absolute Gasteiger partial charge is 0.324 e. The maximum Gasteiger partial charge on any atom is 0.247 e. The molecule has 0 saturated heterocycles. The first-order valence-corrected chi connectivity index (χ1v) is 10.5. The minimum atomic E-state index is -3.75. The lowest BCUT2D eigenvalue weighted by Crippen LogP contribution is -2.45. The van der Waals surface area contributed by atoms with Crippen molar-refractivity contribution in [2.45, 2.75) is 19.9 Å². The number of halogens is 3. The van der Waals surface area contributed by atoms with E-state index in [0.717, 1.165) is 16.1 Å². The number of aryl methyl sites for hydroxylation is 1. The van der Waals surface area contributed by atoms with Gasteiger partial charge in [0.15, 0.2) is 0 Å². The fraction of sp³-hybridized carbons (Fsp3) is 0.235. The molecule has 0 unspecified atom stereocenters. The van der Waals surface area contributed by atoms with Gasteiger partial charge in [-0.2, -0.15) is 0 Å². The molecule has 0 aromatic heterocycles. The highest BCUT2D eigenvalue weighted by Gasteiger charge is 2.29. The van der Waals surface area contributed by atoms with Gasteiger partial charge in [0, 0.05) is 10.7 Å². The molecule has 0 aliphatic carbocycles. The number of hydrogen-bond acceptors (Lipinski definition) is 3. The van der Waals surface area contributed by atoms with Crippen LogP contribution in [0.4, 0.5) is 11.4 Å². The second-order valence-corrected chi connectivity index (χ2v) is 8.87. The number of nitrogens with zero attached hydrogens (tertiary/aromatic N) is 1. The normalized spacial score (nSPS) is 12.5. The van der Waals surface area contributed by atoms with Gasteiger partial charge in [-0.05, 0) is 49.7 Å². The van der Waals surface area contributed by atoms with E-state index in [-0.39, 0.29) is 15.7 Å². The summed E-state index contributed by atoms with van der Waals surface area (Å²) in [6.07, 6.45) is 1.02. The Hall–Kier alpha value is -1.47. The van der Waals surface area contributed by atoms with Gasteiger partial charge < -0.3 is 5.32 Å². The number of rotatable bonds is 5. The lowest BCUT2D eigenvalue weighted by molar-refractivity contribution is -0.116. The molecule has 2 aromatic carbocycles. The third kappa shape index (κ3) is 4.82. The standard InChI is InChI=1S/C17H17Cl3N2O3S/c1-10-4-5-12(8-15(10)19)21-17(23)11(2)22(26(3,24)25)13-6-7-14(18)16(20)9-13/h4-9,11H,1-3H3,(H,21,23)/t11-/m0/s1. The van der Waals surface area contributed by atoms with Gasteiger partial charge in [0.25, 0.3) is 0 Å². The number of sulfonamides is 1. The highest BCUT2D eigenvalue weighted by Crippen LogP contribution is 2.30. The van der Waals surface area contributed by atoms with Gasteiger partial charge in [0.2, 0.25) is 15.9 Å². The number of benzene rings is 2. The summed E-state index contributed by atoms with van der Waals surface area (Å²) in [4.78, 5) is 12.6. The Labute approximate surface area is 167 Å². The van der Waals surface area contributed by atoms with Crippen molar-refractivity contribution in [3.63, 3.8) is 0 Å². The Morgan fingerprint density at radius 1 is 1.04 bits per heavy atom. The summed E-state index contributed by atoms with van der Waals surface area (Å²) in [5.74, 6) is -0.513. The third-order valence-corrected chi connectivity index (χ3v) is 6.07. The van der Waals surface area contributed by atoms with E-state index in [1.165, 1.54) is 25.1 Å². The van der Waals surface area contributed by atoms with Gasteiger partial charge in [-0.15, -0.1) is 0 Å². The molecular weight excluding hydrogens is 419 g/mol. The molecule has 0 spiro atoms. The van der Waals surface area contributed by atoms with Crippen molar-refractivity contribution in [1.29, 1.82) is 0 Å². The van der Waals surface area contributed by atoms with Crippen molar-refractivity contribution in [1.82, 2.24) is 0 Å². The lowest BCUT2D eigenvalue weighted by Gasteiger charge is -2.28. The molecule has 2 aromatic rings. The maximum atomic E-state index is 12.6. The molecule has 0 heterocycles. The van der Waals surface area contributed by atoms with E-state index >= 15 is 0 Å². The molecule has 9 heteroatoms. The molecule has 26 heavy (non-hydrogen) atoms. The summed E-state index contributed by atoms with van der Waals surface area (Å²) < 4.78 is 25.5. The van der Waals surface area contributed by atoms with Crippen molar-refractivity contribution >= 4 is 62.1 Å². The van der Waals surface area contributed by atoms with Crippen LogP contribution in [0.5, 0.6) is 0 Å². The zero-order chi connectivity index (χ0) is 19.6. The van der Waals surface area contributed by atoms with Crippen LogP contribution in [0.15, 0.2) is 36.4 Å². The monoisotopic (exact) mass is 434 g/mol. The van der Waals surface area contributed by atoms with Gasteiger partial charge in [0.1, 0.15) is 6.04 Å².